The lowest BCUT2D eigenvalue weighted by molar-refractivity contribution is 0.0674. The van der Waals surface area contributed by atoms with Gasteiger partial charge in [0.15, 0.2) is 5.96 Å². The molecule has 1 aromatic rings. The number of rotatable bonds is 3. The van der Waals surface area contributed by atoms with Crippen LogP contribution in [0.5, 0.6) is 0 Å². The van der Waals surface area contributed by atoms with E-state index in [-0.39, 0.29) is 24.0 Å². The van der Waals surface area contributed by atoms with Crippen LogP contribution in [0.4, 0.5) is 5.82 Å². The van der Waals surface area contributed by atoms with Gasteiger partial charge in [-0.25, -0.2) is 9.98 Å². The van der Waals surface area contributed by atoms with Crippen molar-refractivity contribution < 1.29 is 4.74 Å². The van der Waals surface area contributed by atoms with Crippen LogP contribution in [-0.4, -0.2) is 56.2 Å². The summed E-state index contributed by atoms with van der Waals surface area (Å²) in [5, 5.41) is 0. The van der Waals surface area contributed by atoms with E-state index >= 15 is 0 Å². The molecule has 112 valence electrons. The molecule has 0 saturated carbocycles. The highest BCUT2D eigenvalue weighted by atomic mass is 127. The molecule has 0 amide bonds. The summed E-state index contributed by atoms with van der Waals surface area (Å²) >= 11 is 0. The first-order valence-corrected chi connectivity index (χ1v) is 6.42. The summed E-state index contributed by atoms with van der Waals surface area (Å²) in [5.41, 5.74) is 6.90. The van der Waals surface area contributed by atoms with E-state index < -0.39 is 0 Å². The third kappa shape index (κ3) is 4.78. The topological polar surface area (TPSA) is 67.0 Å². The molecule has 6 nitrogen and oxygen atoms in total. The number of anilines is 1. The summed E-state index contributed by atoms with van der Waals surface area (Å²) in [5.74, 6) is 1.50. The molecule has 1 aliphatic rings. The van der Waals surface area contributed by atoms with Crippen LogP contribution in [0.15, 0.2) is 23.2 Å². The van der Waals surface area contributed by atoms with Crippen molar-refractivity contribution in [2.75, 3.05) is 45.3 Å². The van der Waals surface area contributed by atoms with E-state index in [1.165, 1.54) is 0 Å². The maximum atomic E-state index is 5.98. The van der Waals surface area contributed by atoms with Crippen molar-refractivity contribution in [2.45, 2.75) is 6.54 Å². The second kappa shape index (κ2) is 8.25. The van der Waals surface area contributed by atoms with Crippen molar-refractivity contribution in [3.05, 3.63) is 23.9 Å². The van der Waals surface area contributed by atoms with Crippen molar-refractivity contribution in [1.29, 1.82) is 0 Å². The van der Waals surface area contributed by atoms with Crippen LogP contribution in [0.3, 0.4) is 0 Å². The van der Waals surface area contributed by atoms with Crippen molar-refractivity contribution in [2.24, 2.45) is 10.7 Å². The summed E-state index contributed by atoms with van der Waals surface area (Å²) in [6, 6.07) is 5.92. The van der Waals surface area contributed by atoms with E-state index in [1.54, 1.807) is 0 Å². The van der Waals surface area contributed by atoms with Gasteiger partial charge in [-0.2, -0.15) is 0 Å². The Labute approximate surface area is 137 Å². The normalized spacial score (nSPS) is 15.7. The number of morpholine rings is 1. The van der Waals surface area contributed by atoms with E-state index in [1.807, 2.05) is 42.1 Å². The fraction of sp³-hybridized carbons (Fsp3) is 0.538. The first-order valence-electron chi connectivity index (χ1n) is 6.42. The summed E-state index contributed by atoms with van der Waals surface area (Å²) < 4.78 is 5.28. The van der Waals surface area contributed by atoms with Crippen molar-refractivity contribution in [1.82, 2.24) is 9.88 Å². The zero-order chi connectivity index (χ0) is 13.7. The van der Waals surface area contributed by atoms with Gasteiger partial charge in [0.25, 0.3) is 0 Å². The van der Waals surface area contributed by atoms with Gasteiger partial charge in [0.05, 0.1) is 25.5 Å². The fourth-order valence-corrected chi connectivity index (χ4v) is 1.86. The largest absolute Gasteiger partial charge is 0.378 e. The molecule has 2 N–H and O–H groups in total. The molecule has 2 heterocycles. The molecule has 0 unspecified atom stereocenters. The number of pyridine rings is 1. The summed E-state index contributed by atoms with van der Waals surface area (Å²) in [6.45, 7) is 3.54. The predicted molar refractivity (Wildman–Crippen MR) is 91.7 cm³/mol. The van der Waals surface area contributed by atoms with E-state index in [0.717, 1.165) is 24.6 Å². The average molecular weight is 391 g/mol. The van der Waals surface area contributed by atoms with Gasteiger partial charge in [0, 0.05) is 27.2 Å². The highest BCUT2D eigenvalue weighted by Gasteiger charge is 2.11. The van der Waals surface area contributed by atoms with Crippen LogP contribution in [0, 0.1) is 0 Å². The van der Waals surface area contributed by atoms with Crippen molar-refractivity contribution in [3.8, 4) is 0 Å². The molecule has 0 aromatic carbocycles. The van der Waals surface area contributed by atoms with Crippen molar-refractivity contribution >= 4 is 35.8 Å². The molecule has 0 spiro atoms. The van der Waals surface area contributed by atoms with Crippen LogP contribution >= 0.6 is 24.0 Å². The van der Waals surface area contributed by atoms with Gasteiger partial charge in [0.2, 0.25) is 0 Å². The summed E-state index contributed by atoms with van der Waals surface area (Å²) in [6.07, 6.45) is 0. The number of hydrogen-bond acceptors (Lipinski definition) is 4. The number of aliphatic imine (C=N–C) groups is 1. The molecule has 2 rings (SSSR count). The highest BCUT2D eigenvalue weighted by Crippen LogP contribution is 2.08. The number of ether oxygens (including phenoxy) is 1. The Kier molecular flexibility index (Phi) is 7.00. The van der Waals surface area contributed by atoms with Gasteiger partial charge >= 0.3 is 0 Å². The zero-order valence-electron chi connectivity index (χ0n) is 12.0. The molecule has 0 aliphatic carbocycles. The van der Waals surface area contributed by atoms with Crippen LogP contribution in [0.25, 0.3) is 0 Å². The SMILES string of the molecule is CN(C)c1cccc(CN=C(N)N2CCOCC2)n1.I. The number of nitrogens with two attached hydrogens (primary N) is 1. The maximum absolute atomic E-state index is 5.98. The van der Waals surface area contributed by atoms with Gasteiger partial charge in [0.1, 0.15) is 5.82 Å². The zero-order valence-corrected chi connectivity index (χ0v) is 14.3. The Hall–Kier alpha value is -1.09. The van der Waals surface area contributed by atoms with Gasteiger partial charge in [-0.1, -0.05) is 6.07 Å². The molecule has 20 heavy (non-hydrogen) atoms. The Morgan fingerprint density at radius 2 is 2.10 bits per heavy atom. The third-order valence-electron chi connectivity index (χ3n) is 2.99. The molecule has 7 heteroatoms. The van der Waals surface area contributed by atoms with Crippen LogP contribution in [0.1, 0.15) is 5.69 Å². The Bertz CT molecular complexity index is 446. The number of hydrogen-bond donors (Lipinski definition) is 1. The maximum Gasteiger partial charge on any atom is 0.191 e. The van der Waals surface area contributed by atoms with E-state index in [0.29, 0.717) is 25.7 Å². The first kappa shape index (κ1) is 17.0. The first-order chi connectivity index (χ1) is 9.16. The average Bonchev–Trinajstić information content (AvgIpc) is 2.46. The standard InChI is InChI=1S/C13H21N5O.HI/c1-17(2)12-5-3-4-11(16-12)10-15-13(14)18-6-8-19-9-7-18;/h3-5H,6-10H2,1-2H3,(H2,14,15);1H. The van der Waals surface area contributed by atoms with Crippen LogP contribution < -0.4 is 10.6 Å². The predicted octanol–water partition coefficient (Wildman–Crippen LogP) is 0.912. The van der Waals surface area contributed by atoms with Gasteiger partial charge in [-0.15, -0.1) is 24.0 Å². The molecular weight excluding hydrogens is 369 g/mol. The van der Waals surface area contributed by atoms with Gasteiger partial charge in [-0.3, -0.25) is 0 Å². The van der Waals surface area contributed by atoms with E-state index in [4.69, 9.17) is 10.5 Å². The number of aromatic nitrogens is 1. The van der Waals surface area contributed by atoms with Crippen molar-refractivity contribution in [3.63, 3.8) is 0 Å². The smallest absolute Gasteiger partial charge is 0.191 e. The Balaban J connectivity index is 0.00000200. The van der Waals surface area contributed by atoms with Crippen LogP contribution in [0.2, 0.25) is 0 Å². The minimum atomic E-state index is 0. The van der Waals surface area contributed by atoms with Gasteiger partial charge < -0.3 is 20.3 Å². The van der Waals surface area contributed by atoms with E-state index in [2.05, 4.69) is 9.98 Å². The van der Waals surface area contributed by atoms with Crippen LogP contribution in [-0.2, 0) is 11.3 Å². The highest BCUT2D eigenvalue weighted by molar-refractivity contribution is 14.0. The molecule has 1 aromatic heterocycles. The quantitative estimate of drug-likeness (QED) is 0.472. The molecule has 0 bridgehead atoms. The fourth-order valence-electron chi connectivity index (χ4n) is 1.86. The second-order valence-corrected chi connectivity index (χ2v) is 4.66. The minimum absolute atomic E-state index is 0. The molecule has 1 saturated heterocycles. The lowest BCUT2D eigenvalue weighted by Gasteiger charge is -2.27. The molecule has 0 radical (unpaired) electrons. The Morgan fingerprint density at radius 1 is 1.40 bits per heavy atom. The summed E-state index contributed by atoms with van der Waals surface area (Å²) in [4.78, 5) is 12.9. The number of halogens is 1. The summed E-state index contributed by atoms with van der Waals surface area (Å²) in [7, 11) is 3.94. The molecular formula is C13H22IN5O. The second-order valence-electron chi connectivity index (χ2n) is 4.66. The molecule has 1 fully saturated rings. The number of guanidine groups is 1. The Morgan fingerprint density at radius 3 is 2.75 bits per heavy atom. The lowest BCUT2D eigenvalue weighted by atomic mass is 10.3. The van der Waals surface area contributed by atoms with Gasteiger partial charge in [-0.05, 0) is 12.1 Å². The minimum Gasteiger partial charge on any atom is -0.378 e. The molecule has 1 aliphatic heterocycles. The number of nitrogens with zero attached hydrogens (tertiary/aromatic N) is 4. The third-order valence-corrected chi connectivity index (χ3v) is 2.99. The van der Waals surface area contributed by atoms with E-state index in [9.17, 15) is 0 Å². The monoisotopic (exact) mass is 391 g/mol. The lowest BCUT2D eigenvalue weighted by Crippen LogP contribution is -2.44. The molecule has 0 atom stereocenters.